The summed E-state index contributed by atoms with van der Waals surface area (Å²) in [6.07, 6.45) is 2.09. The zero-order valence-corrected chi connectivity index (χ0v) is 9.02. The molecule has 1 heterocycles. The highest BCUT2D eigenvalue weighted by Gasteiger charge is 2.22. The molecule has 0 spiro atoms. The molecule has 0 amide bonds. The smallest absolute Gasteiger partial charge is 0.274 e. The summed E-state index contributed by atoms with van der Waals surface area (Å²) < 4.78 is 13.2. The van der Waals surface area contributed by atoms with E-state index in [9.17, 15) is 14.5 Å². The van der Waals surface area contributed by atoms with Crippen LogP contribution < -0.4 is 4.90 Å². The van der Waals surface area contributed by atoms with Crippen molar-refractivity contribution in [2.45, 2.75) is 25.8 Å². The Balaban J connectivity index is 2.37. The van der Waals surface area contributed by atoms with Crippen LogP contribution in [0.15, 0.2) is 18.2 Å². The fourth-order valence-electron chi connectivity index (χ4n) is 2.15. The highest BCUT2D eigenvalue weighted by molar-refractivity contribution is 5.54. The summed E-state index contributed by atoms with van der Waals surface area (Å²) in [6, 6.07) is 4.06. The molecule has 2 rings (SSSR count). The third-order valence-electron chi connectivity index (χ3n) is 2.96. The Morgan fingerprint density at radius 2 is 2.25 bits per heavy atom. The van der Waals surface area contributed by atoms with Crippen molar-refractivity contribution in [3.05, 3.63) is 34.1 Å². The molecule has 0 aliphatic carbocycles. The molecule has 1 unspecified atom stereocenters. The first-order chi connectivity index (χ1) is 7.58. The molecule has 5 heteroatoms. The van der Waals surface area contributed by atoms with E-state index in [2.05, 4.69) is 0 Å². The van der Waals surface area contributed by atoms with Gasteiger partial charge in [0.25, 0.3) is 5.69 Å². The highest BCUT2D eigenvalue weighted by Crippen LogP contribution is 2.29. The van der Waals surface area contributed by atoms with Gasteiger partial charge in [-0.15, -0.1) is 0 Å². The van der Waals surface area contributed by atoms with Crippen LogP contribution in [0.5, 0.6) is 0 Å². The monoisotopic (exact) mass is 224 g/mol. The number of rotatable bonds is 2. The predicted molar refractivity (Wildman–Crippen MR) is 59.1 cm³/mol. The summed E-state index contributed by atoms with van der Waals surface area (Å²) in [5.41, 5.74) is 0.422. The first-order valence-corrected chi connectivity index (χ1v) is 5.29. The largest absolute Gasteiger partial charge is 0.369 e. The van der Waals surface area contributed by atoms with Gasteiger partial charge in [0.05, 0.1) is 11.0 Å². The fraction of sp³-hybridized carbons (Fsp3) is 0.455. The van der Waals surface area contributed by atoms with Gasteiger partial charge in [-0.1, -0.05) is 0 Å². The number of hydrogen-bond acceptors (Lipinski definition) is 3. The van der Waals surface area contributed by atoms with Gasteiger partial charge < -0.3 is 4.90 Å². The maximum absolute atomic E-state index is 13.2. The lowest BCUT2D eigenvalue weighted by molar-refractivity contribution is -0.385. The average molecular weight is 224 g/mol. The Hall–Kier alpha value is -1.65. The van der Waals surface area contributed by atoms with Gasteiger partial charge in [0.15, 0.2) is 0 Å². The number of anilines is 1. The second-order valence-corrected chi connectivity index (χ2v) is 4.11. The number of nitro benzene ring substituents is 1. The van der Waals surface area contributed by atoms with Crippen LogP contribution in [-0.2, 0) is 0 Å². The van der Waals surface area contributed by atoms with Crippen LogP contribution in [-0.4, -0.2) is 17.5 Å². The van der Waals surface area contributed by atoms with Crippen LogP contribution in [0, 0.1) is 15.9 Å². The van der Waals surface area contributed by atoms with E-state index in [1.807, 2.05) is 11.8 Å². The quantitative estimate of drug-likeness (QED) is 0.573. The van der Waals surface area contributed by atoms with E-state index in [4.69, 9.17) is 0 Å². The molecule has 1 saturated heterocycles. The van der Waals surface area contributed by atoms with E-state index in [1.165, 1.54) is 12.1 Å². The van der Waals surface area contributed by atoms with Crippen molar-refractivity contribution in [3.8, 4) is 0 Å². The Morgan fingerprint density at radius 1 is 1.50 bits per heavy atom. The van der Waals surface area contributed by atoms with Crippen LogP contribution in [0.4, 0.5) is 15.8 Å². The lowest BCUT2D eigenvalue weighted by Gasteiger charge is -2.23. The van der Waals surface area contributed by atoms with Gasteiger partial charge in [-0.2, -0.15) is 0 Å². The summed E-state index contributed by atoms with van der Waals surface area (Å²) in [5.74, 6) is -0.552. The SMILES string of the molecule is CC1CCCN1c1cc(F)cc([N+](=O)[O-])c1. The number of non-ortho nitro benzene ring substituents is 1. The first kappa shape index (κ1) is 10.9. The molecule has 1 fully saturated rings. The lowest BCUT2D eigenvalue weighted by Crippen LogP contribution is -2.26. The van der Waals surface area contributed by atoms with E-state index in [-0.39, 0.29) is 5.69 Å². The van der Waals surface area contributed by atoms with Crippen molar-refractivity contribution >= 4 is 11.4 Å². The number of nitro groups is 1. The van der Waals surface area contributed by atoms with Crippen LogP contribution in [0.2, 0.25) is 0 Å². The molecule has 1 aliphatic heterocycles. The molecule has 0 bridgehead atoms. The number of hydrogen-bond donors (Lipinski definition) is 0. The van der Waals surface area contributed by atoms with Crippen molar-refractivity contribution in [2.24, 2.45) is 0 Å². The van der Waals surface area contributed by atoms with Gasteiger partial charge in [-0.05, 0) is 25.8 Å². The molecule has 16 heavy (non-hydrogen) atoms. The van der Waals surface area contributed by atoms with Gasteiger partial charge >= 0.3 is 0 Å². The van der Waals surface area contributed by atoms with Crippen LogP contribution >= 0.6 is 0 Å². The fourth-order valence-corrected chi connectivity index (χ4v) is 2.15. The third-order valence-corrected chi connectivity index (χ3v) is 2.96. The molecule has 0 saturated carbocycles. The molecule has 0 radical (unpaired) electrons. The van der Waals surface area contributed by atoms with Gasteiger partial charge in [0.2, 0.25) is 0 Å². The summed E-state index contributed by atoms with van der Waals surface area (Å²) in [5, 5.41) is 10.6. The van der Waals surface area contributed by atoms with Crippen LogP contribution in [0.25, 0.3) is 0 Å². The second-order valence-electron chi connectivity index (χ2n) is 4.11. The predicted octanol–water partition coefficient (Wildman–Crippen LogP) is 2.72. The maximum atomic E-state index is 13.2. The summed E-state index contributed by atoms with van der Waals surface area (Å²) >= 11 is 0. The first-order valence-electron chi connectivity index (χ1n) is 5.29. The minimum absolute atomic E-state index is 0.186. The topological polar surface area (TPSA) is 46.4 Å². The van der Waals surface area contributed by atoms with E-state index >= 15 is 0 Å². The van der Waals surface area contributed by atoms with E-state index in [0.29, 0.717) is 11.7 Å². The van der Waals surface area contributed by atoms with Crippen LogP contribution in [0.3, 0.4) is 0 Å². The third kappa shape index (κ3) is 1.98. The Bertz CT molecular complexity index is 422. The molecule has 4 nitrogen and oxygen atoms in total. The highest BCUT2D eigenvalue weighted by atomic mass is 19.1. The molecule has 1 aliphatic rings. The molecule has 0 aromatic heterocycles. The minimum atomic E-state index is -0.562. The van der Waals surface area contributed by atoms with Gasteiger partial charge in [0.1, 0.15) is 5.82 Å². The van der Waals surface area contributed by atoms with E-state index in [1.54, 1.807) is 0 Å². The maximum Gasteiger partial charge on any atom is 0.274 e. The van der Waals surface area contributed by atoms with Gasteiger partial charge in [-0.3, -0.25) is 10.1 Å². The molecule has 0 N–H and O–H groups in total. The summed E-state index contributed by atoms with van der Waals surface area (Å²) in [6.45, 7) is 2.88. The molecular weight excluding hydrogens is 211 g/mol. The standard InChI is InChI=1S/C11H13FN2O2/c1-8-3-2-4-13(8)10-5-9(12)6-11(7-10)14(15)16/h5-8H,2-4H2,1H3. The minimum Gasteiger partial charge on any atom is -0.369 e. The summed E-state index contributed by atoms with van der Waals surface area (Å²) in [7, 11) is 0. The molecular formula is C11H13FN2O2. The van der Waals surface area contributed by atoms with Crippen molar-refractivity contribution < 1.29 is 9.31 Å². The van der Waals surface area contributed by atoms with Crippen molar-refractivity contribution in [3.63, 3.8) is 0 Å². The van der Waals surface area contributed by atoms with E-state index < -0.39 is 10.7 Å². The normalized spacial score (nSPS) is 20.1. The lowest BCUT2D eigenvalue weighted by atomic mass is 10.2. The van der Waals surface area contributed by atoms with Gasteiger partial charge in [0, 0.05) is 24.3 Å². The second kappa shape index (κ2) is 4.08. The zero-order valence-electron chi connectivity index (χ0n) is 9.02. The summed E-state index contributed by atoms with van der Waals surface area (Å²) in [4.78, 5) is 12.1. The molecule has 86 valence electrons. The molecule has 1 atom stereocenters. The van der Waals surface area contributed by atoms with Gasteiger partial charge in [-0.25, -0.2) is 4.39 Å². The average Bonchev–Trinajstić information content (AvgIpc) is 2.63. The Morgan fingerprint density at radius 3 is 2.81 bits per heavy atom. The Kier molecular flexibility index (Phi) is 2.77. The zero-order chi connectivity index (χ0) is 11.7. The van der Waals surface area contributed by atoms with Crippen molar-refractivity contribution in [2.75, 3.05) is 11.4 Å². The van der Waals surface area contributed by atoms with Crippen molar-refractivity contribution in [1.29, 1.82) is 0 Å². The number of benzene rings is 1. The molecule has 1 aromatic carbocycles. The Labute approximate surface area is 92.8 Å². The van der Waals surface area contributed by atoms with E-state index in [0.717, 1.165) is 25.5 Å². The number of nitrogens with zero attached hydrogens (tertiary/aromatic N) is 2. The van der Waals surface area contributed by atoms with Crippen LogP contribution in [0.1, 0.15) is 19.8 Å². The van der Waals surface area contributed by atoms with Crippen molar-refractivity contribution in [1.82, 2.24) is 0 Å². The molecule has 1 aromatic rings. The number of halogens is 1.